The summed E-state index contributed by atoms with van der Waals surface area (Å²) < 4.78 is 0. The molecule has 4 nitrogen and oxygen atoms in total. The first-order valence-corrected chi connectivity index (χ1v) is 5.87. The highest BCUT2D eigenvalue weighted by atomic mass is 32.2. The summed E-state index contributed by atoms with van der Waals surface area (Å²) in [6.45, 7) is 2.03. The van der Waals surface area contributed by atoms with E-state index in [4.69, 9.17) is 5.11 Å². The van der Waals surface area contributed by atoms with E-state index in [1.165, 1.54) is 16.7 Å². The molecule has 1 amide bonds. The van der Waals surface area contributed by atoms with Gasteiger partial charge in [-0.25, -0.2) is 4.79 Å². The molecule has 2 rings (SSSR count). The number of carbonyl (C=O) groups is 2. The zero-order valence-corrected chi connectivity index (χ0v) is 8.79. The summed E-state index contributed by atoms with van der Waals surface area (Å²) in [5.74, 6) is 0.769. The second-order valence-corrected chi connectivity index (χ2v) is 4.98. The molecule has 0 aromatic heterocycles. The van der Waals surface area contributed by atoms with Gasteiger partial charge in [0.25, 0.3) is 0 Å². The quantitative estimate of drug-likeness (QED) is 0.734. The third-order valence-corrected chi connectivity index (χ3v) is 3.89. The van der Waals surface area contributed by atoms with E-state index in [0.29, 0.717) is 17.5 Å². The molecule has 3 atom stereocenters. The van der Waals surface area contributed by atoms with E-state index in [9.17, 15) is 9.59 Å². The molecule has 14 heavy (non-hydrogen) atoms. The van der Waals surface area contributed by atoms with Crippen molar-refractivity contribution in [3.63, 3.8) is 0 Å². The Morgan fingerprint density at radius 3 is 2.64 bits per heavy atom. The second-order valence-electron chi connectivity index (χ2n) is 3.98. The molecule has 3 unspecified atom stereocenters. The van der Waals surface area contributed by atoms with Crippen molar-refractivity contribution in [2.75, 3.05) is 11.6 Å². The number of rotatable bonds is 2. The number of hydrogen-bond acceptors (Lipinski definition) is 3. The molecular weight excluding hydrogens is 202 g/mol. The van der Waals surface area contributed by atoms with Gasteiger partial charge in [0.2, 0.25) is 5.91 Å². The van der Waals surface area contributed by atoms with Crippen molar-refractivity contribution in [1.82, 2.24) is 4.90 Å². The first kappa shape index (κ1) is 9.83. The smallest absolute Gasteiger partial charge is 0.327 e. The van der Waals surface area contributed by atoms with Crippen LogP contribution in [0.3, 0.4) is 0 Å². The average Bonchev–Trinajstić information content (AvgIpc) is 2.69. The lowest BCUT2D eigenvalue weighted by atomic mass is 10.2. The number of thioether (sulfide) groups is 1. The SMILES string of the molecule is CC1CC1C(=O)N1CSCC1C(=O)O. The number of carboxylic acid groups (broad SMARTS) is 1. The third-order valence-electron chi connectivity index (χ3n) is 2.88. The van der Waals surface area contributed by atoms with Crippen LogP contribution in [-0.2, 0) is 9.59 Å². The van der Waals surface area contributed by atoms with E-state index < -0.39 is 12.0 Å². The lowest BCUT2D eigenvalue weighted by Crippen LogP contribution is -2.42. The van der Waals surface area contributed by atoms with Gasteiger partial charge in [-0.1, -0.05) is 6.92 Å². The van der Waals surface area contributed by atoms with E-state index in [1.54, 1.807) is 0 Å². The van der Waals surface area contributed by atoms with Crippen molar-refractivity contribution in [3.8, 4) is 0 Å². The van der Waals surface area contributed by atoms with Gasteiger partial charge in [-0.15, -0.1) is 11.8 Å². The number of carboxylic acids is 1. The molecule has 1 saturated carbocycles. The highest BCUT2D eigenvalue weighted by molar-refractivity contribution is 7.99. The fraction of sp³-hybridized carbons (Fsp3) is 0.778. The first-order chi connectivity index (χ1) is 6.61. The number of hydrogen-bond donors (Lipinski definition) is 1. The normalized spacial score (nSPS) is 35.8. The number of aliphatic carboxylic acids is 1. The Bertz CT molecular complexity index is 281. The molecule has 0 aromatic rings. The van der Waals surface area contributed by atoms with Crippen LogP contribution < -0.4 is 0 Å². The zero-order valence-electron chi connectivity index (χ0n) is 7.97. The first-order valence-electron chi connectivity index (χ1n) is 4.72. The van der Waals surface area contributed by atoms with E-state index in [2.05, 4.69) is 0 Å². The Kier molecular flexibility index (Phi) is 2.43. The monoisotopic (exact) mass is 215 g/mol. The maximum absolute atomic E-state index is 11.8. The Morgan fingerprint density at radius 2 is 2.14 bits per heavy atom. The van der Waals surface area contributed by atoms with Crippen LogP contribution in [0.5, 0.6) is 0 Å². The largest absolute Gasteiger partial charge is 0.480 e. The summed E-state index contributed by atoms with van der Waals surface area (Å²) in [4.78, 5) is 24.1. The fourth-order valence-corrected chi connectivity index (χ4v) is 2.90. The molecule has 1 N–H and O–H groups in total. The van der Waals surface area contributed by atoms with Crippen LogP contribution in [0.4, 0.5) is 0 Å². The summed E-state index contributed by atoms with van der Waals surface area (Å²) >= 11 is 1.52. The predicted molar refractivity (Wildman–Crippen MR) is 52.9 cm³/mol. The van der Waals surface area contributed by atoms with Crippen molar-refractivity contribution in [3.05, 3.63) is 0 Å². The van der Waals surface area contributed by atoms with Gasteiger partial charge in [-0.2, -0.15) is 0 Å². The predicted octanol–water partition coefficient (Wildman–Crippen LogP) is 0.629. The molecule has 2 fully saturated rings. The lowest BCUT2D eigenvalue weighted by Gasteiger charge is -2.20. The summed E-state index contributed by atoms with van der Waals surface area (Å²) in [6.07, 6.45) is 0.923. The number of amides is 1. The summed E-state index contributed by atoms with van der Waals surface area (Å²) in [7, 11) is 0. The minimum atomic E-state index is -0.878. The van der Waals surface area contributed by atoms with Crippen LogP contribution in [0.2, 0.25) is 0 Å². The molecule has 1 heterocycles. The summed E-state index contributed by atoms with van der Waals surface area (Å²) in [6, 6.07) is -0.597. The molecule has 2 aliphatic rings. The highest BCUT2D eigenvalue weighted by Crippen LogP contribution is 2.40. The van der Waals surface area contributed by atoms with Crippen molar-refractivity contribution < 1.29 is 14.7 Å². The van der Waals surface area contributed by atoms with Crippen LogP contribution in [0.15, 0.2) is 0 Å². The zero-order chi connectivity index (χ0) is 10.3. The van der Waals surface area contributed by atoms with E-state index in [-0.39, 0.29) is 11.8 Å². The van der Waals surface area contributed by atoms with Gasteiger partial charge in [0.15, 0.2) is 0 Å². The minimum absolute atomic E-state index is 0.0369. The average molecular weight is 215 g/mol. The van der Waals surface area contributed by atoms with Crippen LogP contribution in [0.25, 0.3) is 0 Å². The highest BCUT2D eigenvalue weighted by Gasteiger charge is 2.45. The second kappa shape index (κ2) is 3.46. The van der Waals surface area contributed by atoms with Gasteiger partial charge < -0.3 is 10.0 Å². The summed E-state index contributed by atoms with van der Waals surface area (Å²) in [5.41, 5.74) is 0. The molecule has 1 aliphatic heterocycles. The third kappa shape index (κ3) is 1.61. The topological polar surface area (TPSA) is 57.6 Å². The molecule has 78 valence electrons. The maximum atomic E-state index is 11.8. The van der Waals surface area contributed by atoms with Crippen LogP contribution >= 0.6 is 11.8 Å². The molecular formula is C9H13NO3S. The fourth-order valence-electron chi connectivity index (χ4n) is 1.74. The molecule has 1 saturated heterocycles. The number of nitrogens with zero attached hydrogens (tertiary/aromatic N) is 1. The molecule has 1 aliphatic carbocycles. The van der Waals surface area contributed by atoms with Crippen LogP contribution in [0.1, 0.15) is 13.3 Å². The number of carbonyl (C=O) groups excluding carboxylic acids is 1. The van der Waals surface area contributed by atoms with Gasteiger partial charge in [-0.05, 0) is 12.3 Å². The summed E-state index contributed by atoms with van der Waals surface area (Å²) in [5, 5.41) is 8.89. The lowest BCUT2D eigenvalue weighted by molar-refractivity contribution is -0.148. The van der Waals surface area contributed by atoms with Crippen molar-refractivity contribution in [1.29, 1.82) is 0 Å². The molecule has 5 heteroatoms. The van der Waals surface area contributed by atoms with E-state index in [0.717, 1.165) is 6.42 Å². The van der Waals surface area contributed by atoms with Gasteiger partial charge in [0.05, 0.1) is 5.88 Å². The Morgan fingerprint density at radius 1 is 1.50 bits per heavy atom. The van der Waals surface area contributed by atoms with Gasteiger partial charge in [0.1, 0.15) is 6.04 Å². The van der Waals surface area contributed by atoms with Crippen molar-refractivity contribution in [2.45, 2.75) is 19.4 Å². The standard InChI is InChI=1S/C9H13NO3S/c1-5-2-6(5)8(11)10-4-14-3-7(10)9(12)13/h5-7H,2-4H2,1H3,(H,12,13). The molecule has 0 aromatic carbocycles. The molecule has 0 radical (unpaired) electrons. The van der Waals surface area contributed by atoms with Crippen LogP contribution in [0, 0.1) is 11.8 Å². The van der Waals surface area contributed by atoms with E-state index >= 15 is 0 Å². The Labute approximate surface area is 86.6 Å². The van der Waals surface area contributed by atoms with Gasteiger partial charge in [0, 0.05) is 11.7 Å². The maximum Gasteiger partial charge on any atom is 0.327 e. The Hall–Kier alpha value is -0.710. The van der Waals surface area contributed by atoms with Crippen molar-refractivity contribution in [2.24, 2.45) is 11.8 Å². The van der Waals surface area contributed by atoms with Crippen molar-refractivity contribution >= 4 is 23.6 Å². The minimum Gasteiger partial charge on any atom is -0.480 e. The van der Waals surface area contributed by atoms with Gasteiger partial charge in [-0.3, -0.25) is 4.79 Å². The Balaban J connectivity index is 2.02. The van der Waals surface area contributed by atoms with Gasteiger partial charge >= 0.3 is 5.97 Å². The van der Waals surface area contributed by atoms with E-state index in [1.807, 2.05) is 6.92 Å². The molecule has 0 spiro atoms. The van der Waals surface area contributed by atoms with Crippen LogP contribution in [-0.4, -0.2) is 39.6 Å². The molecule has 0 bridgehead atoms.